The van der Waals surface area contributed by atoms with E-state index in [1.54, 1.807) is 19.2 Å². The number of carbonyl (C=O) groups excluding carboxylic acids is 2. The molecule has 2 aliphatic heterocycles. The first-order chi connectivity index (χ1) is 12.2. The Morgan fingerprint density at radius 1 is 1.50 bits per heavy atom. The van der Waals surface area contributed by atoms with Gasteiger partial charge in [0.2, 0.25) is 5.91 Å². The summed E-state index contributed by atoms with van der Waals surface area (Å²) in [7, 11) is 1.28. The Morgan fingerprint density at radius 3 is 2.73 bits per heavy atom. The van der Waals surface area contributed by atoms with Crippen LogP contribution in [0, 0.1) is 0 Å². The molecule has 10 nitrogen and oxygen atoms in total. The number of hydrogen-bond acceptors (Lipinski definition) is 9. The number of amides is 2. The van der Waals surface area contributed by atoms with Gasteiger partial charge in [-0.1, -0.05) is 5.16 Å². The molecule has 2 aliphatic rings. The van der Waals surface area contributed by atoms with Gasteiger partial charge in [-0.15, -0.1) is 23.1 Å². The molecule has 0 unspecified atom stereocenters. The number of thiazole rings is 1. The number of thioether (sulfide) groups is 1. The molecule has 4 N–H and O–H groups in total. The van der Waals surface area contributed by atoms with Gasteiger partial charge in [-0.3, -0.25) is 9.59 Å². The SMILES string of the molecule is CO/N=C(\C(=O)N[C@H]1C(=O)N2[C@@H]1SC(C)(C)[C@@H]2C(=O)O)c1csc(N)n1. The Hall–Kier alpha value is -2.34. The van der Waals surface area contributed by atoms with Crippen LogP contribution >= 0.6 is 23.1 Å². The second-order valence-corrected chi connectivity index (χ2v) is 8.90. The second kappa shape index (κ2) is 6.43. The average Bonchev–Trinajstić information content (AvgIpc) is 3.09. The first-order valence-corrected chi connectivity index (χ1v) is 9.29. The van der Waals surface area contributed by atoms with Gasteiger partial charge in [0.1, 0.15) is 30.3 Å². The maximum atomic E-state index is 12.6. The van der Waals surface area contributed by atoms with E-state index in [0.29, 0.717) is 0 Å². The third-order valence-electron chi connectivity index (χ3n) is 4.12. The van der Waals surface area contributed by atoms with Crippen molar-refractivity contribution in [2.45, 2.75) is 36.1 Å². The van der Waals surface area contributed by atoms with Crippen molar-refractivity contribution in [1.29, 1.82) is 0 Å². The minimum absolute atomic E-state index is 0.108. The molecule has 12 heteroatoms. The van der Waals surface area contributed by atoms with Crippen molar-refractivity contribution in [3.05, 3.63) is 11.1 Å². The number of carboxylic acids is 1. The Balaban J connectivity index is 1.78. The molecule has 0 aliphatic carbocycles. The summed E-state index contributed by atoms with van der Waals surface area (Å²) in [6.45, 7) is 3.52. The first kappa shape index (κ1) is 18.5. The van der Waals surface area contributed by atoms with Gasteiger partial charge in [-0.05, 0) is 13.8 Å². The Morgan fingerprint density at radius 2 is 2.19 bits per heavy atom. The van der Waals surface area contributed by atoms with E-state index in [0.717, 1.165) is 11.3 Å². The van der Waals surface area contributed by atoms with Crippen molar-refractivity contribution in [3.8, 4) is 0 Å². The molecule has 0 spiro atoms. The van der Waals surface area contributed by atoms with Gasteiger partial charge in [0, 0.05) is 10.1 Å². The lowest BCUT2D eigenvalue weighted by atomic mass is 9.96. The van der Waals surface area contributed by atoms with Gasteiger partial charge in [0.05, 0.1) is 0 Å². The highest BCUT2D eigenvalue weighted by atomic mass is 32.2. The predicted molar refractivity (Wildman–Crippen MR) is 95.7 cm³/mol. The zero-order valence-corrected chi connectivity index (χ0v) is 15.8. The summed E-state index contributed by atoms with van der Waals surface area (Å²) in [6.07, 6.45) is 0. The third-order valence-corrected chi connectivity index (χ3v) is 6.37. The summed E-state index contributed by atoms with van der Waals surface area (Å²) in [6, 6.07) is -1.78. The van der Waals surface area contributed by atoms with Gasteiger partial charge in [-0.25, -0.2) is 9.78 Å². The molecular formula is C14H17N5O5S2. The molecule has 3 atom stereocenters. The Bertz CT molecular complexity index is 807. The van der Waals surface area contributed by atoms with E-state index in [-0.39, 0.29) is 16.5 Å². The number of carbonyl (C=O) groups is 3. The Labute approximate surface area is 156 Å². The van der Waals surface area contributed by atoms with Gasteiger partial charge in [-0.2, -0.15) is 0 Å². The monoisotopic (exact) mass is 399 g/mol. The number of carboxylic acid groups (broad SMARTS) is 1. The summed E-state index contributed by atoms with van der Waals surface area (Å²) in [5, 5.41) is 17.0. The lowest BCUT2D eigenvalue weighted by Gasteiger charge is -2.43. The summed E-state index contributed by atoms with van der Waals surface area (Å²) >= 11 is 2.48. The molecule has 0 saturated carbocycles. The number of rotatable bonds is 5. The van der Waals surface area contributed by atoms with E-state index in [4.69, 9.17) is 5.73 Å². The number of β-lactam (4-membered cyclic amide) rings is 1. The van der Waals surface area contributed by atoms with Gasteiger partial charge >= 0.3 is 5.97 Å². The molecule has 2 saturated heterocycles. The van der Waals surface area contributed by atoms with Crippen LogP contribution in [0.15, 0.2) is 10.5 Å². The number of hydrogen-bond donors (Lipinski definition) is 3. The molecule has 3 heterocycles. The summed E-state index contributed by atoms with van der Waals surface area (Å²) in [4.78, 5) is 46.5. The minimum Gasteiger partial charge on any atom is -0.480 e. The van der Waals surface area contributed by atoms with Crippen LogP contribution in [-0.4, -0.2) is 67.8 Å². The lowest BCUT2D eigenvalue weighted by molar-refractivity contribution is -0.160. The summed E-state index contributed by atoms with van der Waals surface area (Å²) < 4.78 is -0.668. The van der Waals surface area contributed by atoms with Crippen molar-refractivity contribution < 1.29 is 24.3 Å². The van der Waals surface area contributed by atoms with Crippen LogP contribution in [0.5, 0.6) is 0 Å². The molecule has 140 valence electrons. The number of nitrogens with two attached hydrogens (primary N) is 1. The van der Waals surface area contributed by atoms with Crippen LogP contribution < -0.4 is 11.1 Å². The van der Waals surface area contributed by atoms with E-state index in [1.807, 2.05) is 0 Å². The normalized spacial score (nSPS) is 26.9. The van der Waals surface area contributed by atoms with Crippen LogP contribution in [0.25, 0.3) is 0 Å². The number of nitrogens with one attached hydrogen (secondary N) is 1. The van der Waals surface area contributed by atoms with Crippen LogP contribution in [0.3, 0.4) is 0 Å². The number of fused-ring (bicyclic) bond motifs is 1. The van der Waals surface area contributed by atoms with Crippen LogP contribution in [0.4, 0.5) is 5.13 Å². The van der Waals surface area contributed by atoms with Gasteiger partial charge < -0.3 is 25.9 Å². The summed E-state index contributed by atoms with van der Waals surface area (Å²) in [5.41, 5.74) is 5.70. The number of anilines is 1. The fourth-order valence-corrected chi connectivity index (χ4v) is 5.22. The average molecular weight is 399 g/mol. The molecular weight excluding hydrogens is 382 g/mol. The zero-order chi connectivity index (χ0) is 19.2. The fraction of sp³-hybridized carbons (Fsp3) is 0.500. The number of nitrogens with zero attached hydrogens (tertiary/aromatic N) is 3. The van der Waals surface area contributed by atoms with E-state index in [1.165, 1.54) is 23.8 Å². The zero-order valence-electron chi connectivity index (χ0n) is 14.1. The smallest absolute Gasteiger partial charge is 0.327 e. The third kappa shape index (κ3) is 2.88. The second-order valence-electron chi connectivity index (χ2n) is 6.24. The highest BCUT2D eigenvalue weighted by Gasteiger charge is 2.64. The number of aromatic nitrogens is 1. The number of oxime groups is 1. The van der Waals surface area contributed by atoms with E-state index in [9.17, 15) is 19.5 Å². The van der Waals surface area contributed by atoms with Crippen LogP contribution in [0.2, 0.25) is 0 Å². The van der Waals surface area contributed by atoms with E-state index in [2.05, 4.69) is 20.3 Å². The largest absolute Gasteiger partial charge is 0.480 e. The molecule has 2 fully saturated rings. The van der Waals surface area contributed by atoms with Crippen LogP contribution in [-0.2, 0) is 19.2 Å². The van der Waals surface area contributed by atoms with Crippen LogP contribution in [0.1, 0.15) is 19.5 Å². The molecule has 2 amide bonds. The predicted octanol–water partition coefficient (Wildman–Crippen LogP) is -0.292. The molecule has 3 rings (SSSR count). The summed E-state index contributed by atoms with van der Waals surface area (Å²) in [5.74, 6) is -2.15. The quantitative estimate of drug-likeness (QED) is 0.347. The van der Waals surface area contributed by atoms with Crippen molar-refractivity contribution in [2.24, 2.45) is 5.16 Å². The molecule has 0 aromatic carbocycles. The Kier molecular flexibility index (Phi) is 4.56. The number of aliphatic carboxylic acids is 1. The van der Waals surface area contributed by atoms with Crippen molar-refractivity contribution in [1.82, 2.24) is 15.2 Å². The minimum atomic E-state index is -1.07. The van der Waals surface area contributed by atoms with Crippen molar-refractivity contribution in [3.63, 3.8) is 0 Å². The lowest BCUT2D eigenvalue weighted by Crippen LogP contribution is -2.71. The molecule has 0 radical (unpaired) electrons. The maximum absolute atomic E-state index is 12.6. The standard InChI is InChI=1S/C14H17N5O5S2/c1-14(2)8(12(22)23)19-10(21)7(11(19)26-14)17-9(20)6(18-24-3)5-4-25-13(15)16-5/h4,7-8,11H,1-3H3,(H2,15,16)(H,17,20)(H,22,23)/b18-6-/t7-,8-,11+/m0/s1. The maximum Gasteiger partial charge on any atom is 0.327 e. The highest BCUT2D eigenvalue weighted by Crippen LogP contribution is 2.50. The molecule has 1 aromatic heterocycles. The number of nitrogen functional groups attached to an aromatic ring is 1. The van der Waals surface area contributed by atoms with Crippen molar-refractivity contribution in [2.75, 3.05) is 12.8 Å². The topological polar surface area (TPSA) is 147 Å². The van der Waals surface area contributed by atoms with E-state index >= 15 is 0 Å². The molecule has 0 bridgehead atoms. The van der Waals surface area contributed by atoms with Gasteiger partial charge in [0.15, 0.2) is 10.8 Å². The van der Waals surface area contributed by atoms with E-state index < -0.39 is 40.0 Å². The van der Waals surface area contributed by atoms with Gasteiger partial charge in [0.25, 0.3) is 5.91 Å². The first-order valence-electron chi connectivity index (χ1n) is 7.53. The van der Waals surface area contributed by atoms with Crippen molar-refractivity contribution >= 4 is 51.7 Å². The fourth-order valence-electron chi connectivity index (χ4n) is 3.05. The molecule has 1 aromatic rings. The highest BCUT2D eigenvalue weighted by molar-refractivity contribution is 8.01. The molecule has 26 heavy (non-hydrogen) atoms.